The second-order valence-electron chi connectivity index (χ2n) is 5.69. The molecule has 3 nitrogen and oxygen atoms in total. The van der Waals surface area contributed by atoms with Gasteiger partial charge in [0.15, 0.2) is 0 Å². The minimum Gasteiger partial charge on any atom is -0.220 e. The summed E-state index contributed by atoms with van der Waals surface area (Å²) in [6.07, 6.45) is 0. The van der Waals surface area contributed by atoms with Gasteiger partial charge in [-0.25, -0.2) is 12.7 Å². The highest BCUT2D eigenvalue weighted by Gasteiger charge is 2.22. The molecule has 136 valence electrons. The van der Waals surface area contributed by atoms with Crippen molar-refractivity contribution in [3.63, 3.8) is 0 Å². The summed E-state index contributed by atoms with van der Waals surface area (Å²) < 4.78 is 28.2. The fourth-order valence-corrected chi connectivity index (χ4v) is 3.94. The van der Waals surface area contributed by atoms with Gasteiger partial charge in [-0.15, -0.1) is 0 Å². The van der Waals surface area contributed by atoms with E-state index < -0.39 is 10.0 Å². The Morgan fingerprint density at radius 2 is 1.52 bits per heavy atom. The van der Waals surface area contributed by atoms with E-state index in [0.29, 0.717) is 10.6 Å². The molecule has 0 atom stereocenters. The molecule has 6 heteroatoms. The highest BCUT2D eigenvalue weighted by atomic mass is 79.9. The van der Waals surface area contributed by atoms with Crippen molar-refractivity contribution in [2.75, 3.05) is 0 Å². The van der Waals surface area contributed by atoms with Crippen molar-refractivity contribution in [2.45, 2.75) is 11.4 Å². The summed E-state index contributed by atoms with van der Waals surface area (Å²) in [5.41, 5.74) is 1.53. The molecule has 0 saturated heterocycles. The van der Waals surface area contributed by atoms with Crippen molar-refractivity contribution in [2.24, 2.45) is 0 Å². The van der Waals surface area contributed by atoms with E-state index in [1.807, 2.05) is 30.3 Å². The molecule has 0 aromatic heterocycles. The number of halogens is 2. The van der Waals surface area contributed by atoms with Crippen molar-refractivity contribution >= 4 is 37.6 Å². The Hall–Kier alpha value is -2.26. The predicted molar refractivity (Wildman–Crippen MR) is 112 cm³/mol. The Labute approximate surface area is 172 Å². The molecule has 0 saturated carbocycles. The molecule has 3 aromatic rings. The van der Waals surface area contributed by atoms with Gasteiger partial charge in [-0.3, -0.25) is 0 Å². The molecule has 0 amide bonds. The van der Waals surface area contributed by atoms with E-state index in [4.69, 9.17) is 11.6 Å². The third-order valence-corrected chi connectivity index (χ3v) is 6.19. The Kier molecular flexibility index (Phi) is 6.22. The van der Waals surface area contributed by atoms with Gasteiger partial charge in [-0.2, -0.15) is 0 Å². The van der Waals surface area contributed by atoms with Crippen LogP contribution in [0.5, 0.6) is 0 Å². The Bertz CT molecular complexity index is 1070. The van der Waals surface area contributed by atoms with Gasteiger partial charge < -0.3 is 0 Å². The molecule has 3 rings (SSSR count). The van der Waals surface area contributed by atoms with Crippen LogP contribution in [0, 0.1) is 12.0 Å². The molecular formula is C21H15BrClNO2S. The third kappa shape index (κ3) is 5.14. The average Bonchev–Trinajstić information content (AvgIpc) is 2.67. The Morgan fingerprint density at radius 3 is 2.15 bits per heavy atom. The highest BCUT2D eigenvalue weighted by molar-refractivity contribution is 9.10. The monoisotopic (exact) mass is 459 g/mol. The zero-order chi connectivity index (χ0) is 19.3. The first-order valence-corrected chi connectivity index (χ1v) is 10.7. The first kappa shape index (κ1) is 19.5. The summed E-state index contributed by atoms with van der Waals surface area (Å²) in [6, 6.07) is 25.6. The minimum absolute atomic E-state index is 0.153. The third-order valence-electron chi connectivity index (χ3n) is 3.74. The van der Waals surface area contributed by atoms with E-state index >= 15 is 0 Å². The van der Waals surface area contributed by atoms with Gasteiger partial charge in [0.1, 0.15) is 0 Å². The van der Waals surface area contributed by atoms with Gasteiger partial charge in [0.2, 0.25) is 0 Å². The van der Waals surface area contributed by atoms with E-state index in [0.717, 1.165) is 10.0 Å². The van der Waals surface area contributed by atoms with Crippen molar-refractivity contribution in [3.8, 4) is 12.0 Å². The van der Waals surface area contributed by atoms with Crippen LogP contribution in [0.25, 0.3) is 0 Å². The van der Waals surface area contributed by atoms with Gasteiger partial charge in [0.05, 0.1) is 11.4 Å². The highest BCUT2D eigenvalue weighted by Crippen LogP contribution is 2.20. The van der Waals surface area contributed by atoms with Crippen LogP contribution in [0.2, 0.25) is 5.02 Å². The fraction of sp³-hybridized carbons (Fsp3) is 0.0476. The van der Waals surface area contributed by atoms with Gasteiger partial charge in [-0.1, -0.05) is 57.9 Å². The molecule has 0 N–H and O–H groups in total. The van der Waals surface area contributed by atoms with Crippen LogP contribution >= 0.6 is 27.5 Å². The largest absolute Gasteiger partial charge is 0.271 e. The first-order chi connectivity index (χ1) is 12.9. The van der Waals surface area contributed by atoms with Crippen LogP contribution in [-0.4, -0.2) is 12.7 Å². The molecule has 0 heterocycles. The number of nitrogens with zero attached hydrogens (tertiary/aromatic N) is 1. The lowest BCUT2D eigenvalue weighted by atomic mass is 10.2. The van der Waals surface area contributed by atoms with Crippen molar-refractivity contribution in [1.29, 1.82) is 0 Å². The standard InChI is InChI=1S/C21H15BrClNO2S/c22-19-8-12-21(13-9-19)27(25,26)24(16-18-4-2-1-3-5-18)15-14-17-6-10-20(23)11-7-17/h1-13H,16H2. The fourth-order valence-electron chi connectivity index (χ4n) is 2.33. The lowest BCUT2D eigenvalue weighted by Crippen LogP contribution is -2.26. The molecule has 0 spiro atoms. The molecule has 0 fully saturated rings. The molecule has 3 aromatic carbocycles. The average molecular weight is 461 g/mol. The van der Waals surface area contributed by atoms with Gasteiger partial charge in [-0.05, 0) is 60.0 Å². The molecular weight excluding hydrogens is 446 g/mol. The van der Waals surface area contributed by atoms with Gasteiger partial charge >= 0.3 is 0 Å². The van der Waals surface area contributed by atoms with Crippen molar-refractivity contribution < 1.29 is 8.42 Å². The van der Waals surface area contributed by atoms with Crippen LogP contribution in [0.1, 0.15) is 11.1 Å². The SMILES string of the molecule is O=S(=O)(c1ccc(Br)cc1)N(C#Cc1ccc(Cl)cc1)Cc1ccccc1. The van der Waals surface area contributed by atoms with Crippen molar-refractivity contribution in [3.05, 3.63) is 99.5 Å². The predicted octanol–water partition coefficient (Wildman–Crippen LogP) is 5.30. The Morgan fingerprint density at radius 1 is 0.889 bits per heavy atom. The molecule has 0 aliphatic carbocycles. The lowest BCUT2D eigenvalue weighted by Gasteiger charge is -2.18. The summed E-state index contributed by atoms with van der Waals surface area (Å²) in [7, 11) is -3.78. The topological polar surface area (TPSA) is 37.4 Å². The van der Waals surface area contributed by atoms with E-state index in [1.54, 1.807) is 48.5 Å². The smallest absolute Gasteiger partial charge is 0.220 e. The minimum atomic E-state index is -3.78. The molecule has 27 heavy (non-hydrogen) atoms. The summed E-state index contributed by atoms with van der Waals surface area (Å²) in [6.45, 7) is 0.153. The van der Waals surface area contributed by atoms with Gasteiger partial charge in [0.25, 0.3) is 10.0 Å². The number of benzene rings is 3. The number of rotatable bonds is 4. The van der Waals surface area contributed by atoms with E-state index in [1.165, 1.54) is 4.31 Å². The molecule has 0 unspecified atom stereocenters. The van der Waals surface area contributed by atoms with E-state index in [-0.39, 0.29) is 11.4 Å². The maximum absolute atomic E-state index is 13.1. The summed E-state index contributed by atoms with van der Waals surface area (Å²) >= 11 is 9.21. The quantitative estimate of drug-likeness (QED) is 0.391. The number of sulfonamides is 1. The molecule has 0 aliphatic rings. The summed E-state index contributed by atoms with van der Waals surface area (Å²) in [4.78, 5) is 0.187. The first-order valence-electron chi connectivity index (χ1n) is 8.04. The summed E-state index contributed by atoms with van der Waals surface area (Å²) in [5, 5.41) is 0.601. The summed E-state index contributed by atoms with van der Waals surface area (Å²) in [5.74, 6) is 2.91. The van der Waals surface area contributed by atoms with Crippen LogP contribution in [0.15, 0.2) is 88.2 Å². The zero-order valence-corrected chi connectivity index (χ0v) is 17.3. The normalized spacial score (nSPS) is 10.7. The van der Waals surface area contributed by atoms with Crippen LogP contribution in [0.4, 0.5) is 0 Å². The second kappa shape index (κ2) is 8.62. The Balaban J connectivity index is 1.99. The second-order valence-corrected chi connectivity index (χ2v) is 8.91. The van der Waals surface area contributed by atoms with Crippen LogP contribution < -0.4 is 0 Å². The maximum Gasteiger partial charge on any atom is 0.271 e. The van der Waals surface area contributed by atoms with E-state index in [2.05, 4.69) is 27.9 Å². The van der Waals surface area contributed by atoms with Crippen molar-refractivity contribution in [1.82, 2.24) is 4.31 Å². The molecule has 0 aliphatic heterocycles. The maximum atomic E-state index is 13.1. The van der Waals surface area contributed by atoms with Crippen LogP contribution in [-0.2, 0) is 16.6 Å². The number of hydrogen-bond acceptors (Lipinski definition) is 2. The van der Waals surface area contributed by atoms with Crippen LogP contribution in [0.3, 0.4) is 0 Å². The number of hydrogen-bond donors (Lipinski definition) is 0. The lowest BCUT2D eigenvalue weighted by molar-refractivity contribution is 0.508. The molecule has 0 bridgehead atoms. The zero-order valence-electron chi connectivity index (χ0n) is 14.1. The molecule has 0 radical (unpaired) electrons. The van der Waals surface area contributed by atoms with Gasteiger partial charge in [0, 0.05) is 21.1 Å². The van der Waals surface area contributed by atoms with E-state index in [9.17, 15) is 8.42 Å².